The molecule has 0 spiro atoms. The van der Waals surface area contributed by atoms with E-state index in [0.717, 1.165) is 66.9 Å². The first-order valence-corrected chi connectivity index (χ1v) is 23.8. The van der Waals surface area contributed by atoms with E-state index in [0.29, 0.717) is 11.4 Å². The number of hydrogen-bond donors (Lipinski definition) is 1. The molecule has 2 aromatic heterocycles. The normalized spacial score (nSPS) is 12.6. The molecule has 4 heteroatoms. The summed E-state index contributed by atoms with van der Waals surface area (Å²) in [6.07, 6.45) is 1.89. The van der Waals surface area contributed by atoms with Crippen LogP contribution in [0.25, 0.3) is 83.5 Å². The summed E-state index contributed by atoms with van der Waals surface area (Å²) in [5, 5.41) is 14.9. The zero-order chi connectivity index (χ0) is 47.8. The van der Waals surface area contributed by atoms with Crippen molar-refractivity contribution in [2.45, 2.75) is 112 Å². The van der Waals surface area contributed by atoms with Gasteiger partial charge in [0, 0.05) is 23.0 Å². The van der Waals surface area contributed by atoms with Gasteiger partial charge in [-0.1, -0.05) is 168 Å². The van der Waals surface area contributed by atoms with E-state index in [4.69, 9.17) is 9.97 Å². The molecule has 0 unspecified atom stereocenters. The smallest absolute Gasteiger partial charge is 0.149 e. The van der Waals surface area contributed by atoms with Crippen LogP contribution in [0.4, 0.5) is 0 Å². The highest BCUT2D eigenvalue weighted by Crippen LogP contribution is 2.45. The topological polar surface area (TPSA) is 50.9 Å². The number of pyridine rings is 1. The van der Waals surface area contributed by atoms with Gasteiger partial charge in [0.2, 0.25) is 0 Å². The van der Waals surface area contributed by atoms with Crippen LogP contribution in [0.2, 0.25) is 0 Å². The molecule has 9 aromatic rings. The predicted molar refractivity (Wildman–Crippen MR) is 285 cm³/mol. The molecule has 0 aliphatic carbocycles. The van der Waals surface area contributed by atoms with Crippen LogP contribution < -0.4 is 0 Å². The fraction of sp³-hybridized carbons (Fsp3) is 0.270. The van der Waals surface area contributed by atoms with Gasteiger partial charge in [-0.25, -0.2) is 4.98 Å². The number of aryl methyl sites for hydroxylation is 1. The van der Waals surface area contributed by atoms with Gasteiger partial charge in [0.15, 0.2) is 0 Å². The second-order valence-electron chi connectivity index (χ2n) is 22.8. The van der Waals surface area contributed by atoms with Gasteiger partial charge in [0.1, 0.15) is 11.6 Å². The Morgan fingerprint density at radius 3 is 1.79 bits per heavy atom. The van der Waals surface area contributed by atoms with Crippen molar-refractivity contribution in [3.05, 3.63) is 180 Å². The first-order chi connectivity index (χ1) is 31.5. The van der Waals surface area contributed by atoms with Crippen LogP contribution in [0.15, 0.2) is 152 Å². The number of benzene rings is 7. The van der Waals surface area contributed by atoms with Gasteiger partial charge in [-0.05, 0) is 156 Å². The van der Waals surface area contributed by atoms with E-state index in [-0.39, 0.29) is 27.4 Å². The average Bonchev–Trinajstić information content (AvgIpc) is 3.67. The van der Waals surface area contributed by atoms with Crippen LogP contribution >= 0.6 is 0 Å². The SMILES string of the molecule is Cc1ccnc(-c2cc(-c3ccccc3)cc(-c3cccc4c3nc(-c3ccc(-c5c(C(C)(C)C)ccc6cc(C(C)(C)C)ccc56)cc3O)n4-c3cc(C(C)(C)C)cc(C(C)(C)C)c3)c2)c1. The Hall–Kier alpha value is -6.78. The molecule has 67 heavy (non-hydrogen) atoms. The molecule has 0 saturated carbocycles. The van der Waals surface area contributed by atoms with Gasteiger partial charge in [-0.15, -0.1) is 0 Å². The number of hydrogen-bond acceptors (Lipinski definition) is 3. The second kappa shape index (κ2) is 16.5. The fourth-order valence-electron chi connectivity index (χ4n) is 9.41. The van der Waals surface area contributed by atoms with Crippen molar-refractivity contribution < 1.29 is 5.11 Å². The predicted octanol–water partition coefficient (Wildman–Crippen LogP) is 17.1. The van der Waals surface area contributed by atoms with E-state index in [9.17, 15) is 5.11 Å². The van der Waals surface area contributed by atoms with Gasteiger partial charge < -0.3 is 5.11 Å². The van der Waals surface area contributed by atoms with Crippen molar-refractivity contribution in [3.8, 4) is 67.5 Å². The first-order valence-electron chi connectivity index (χ1n) is 23.8. The summed E-state index contributed by atoms with van der Waals surface area (Å²) in [7, 11) is 0. The molecule has 0 amide bonds. The van der Waals surface area contributed by atoms with E-state index in [1.54, 1.807) is 0 Å². The molecular weight excluding hydrogens is 815 g/mol. The van der Waals surface area contributed by atoms with Crippen molar-refractivity contribution in [1.82, 2.24) is 14.5 Å². The van der Waals surface area contributed by atoms with Crippen molar-refractivity contribution in [3.63, 3.8) is 0 Å². The highest BCUT2D eigenvalue weighted by molar-refractivity contribution is 6.01. The summed E-state index contributed by atoms with van der Waals surface area (Å²) in [6.45, 7) is 29.3. The lowest BCUT2D eigenvalue weighted by atomic mass is 9.78. The van der Waals surface area contributed by atoms with Gasteiger partial charge in [-0.2, -0.15) is 0 Å². The Morgan fingerprint density at radius 1 is 0.478 bits per heavy atom. The van der Waals surface area contributed by atoms with E-state index >= 15 is 0 Å². The molecule has 9 rings (SSSR count). The van der Waals surface area contributed by atoms with E-state index in [1.807, 2.05) is 18.3 Å². The average molecular weight is 880 g/mol. The number of phenolic OH excluding ortho intramolecular Hbond substituents is 1. The highest BCUT2D eigenvalue weighted by atomic mass is 16.3. The molecule has 7 aromatic carbocycles. The Balaban J connectivity index is 1.32. The Labute approximate surface area is 398 Å². The largest absolute Gasteiger partial charge is 0.507 e. The minimum atomic E-state index is -0.138. The number of fused-ring (bicyclic) bond motifs is 2. The van der Waals surface area contributed by atoms with E-state index in [2.05, 4.69) is 228 Å². The summed E-state index contributed by atoms with van der Waals surface area (Å²) in [5.74, 6) is 0.863. The van der Waals surface area contributed by atoms with Gasteiger partial charge in [-0.3, -0.25) is 9.55 Å². The zero-order valence-electron chi connectivity index (χ0n) is 41.7. The van der Waals surface area contributed by atoms with Crippen LogP contribution in [0.5, 0.6) is 5.75 Å². The third-order valence-corrected chi connectivity index (χ3v) is 13.4. The standard InChI is InChI=1S/C63H65N3O/c1-39-28-29-64-54(30-39)45-32-43(40-18-15-14-16-19-40)31-44(33-45)51-20-17-21-55-58(51)65-59(66(55)49-37-47(61(5,6)7)36-48(38-49)62(8,9)10)52-25-22-42(35-56(52)67)57-50-26-24-46(60(2,3)4)34-41(50)23-27-53(57)63(11,12)13/h14-38,67H,1-13H3. The lowest BCUT2D eigenvalue weighted by Gasteiger charge is -2.27. The molecule has 0 fully saturated rings. The quantitative estimate of drug-likeness (QED) is 0.181. The minimum absolute atomic E-state index is 0.0214. The highest BCUT2D eigenvalue weighted by Gasteiger charge is 2.27. The number of rotatable bonds is 6. The maximum absolute atomic E-state index is 12.6. The van der Waals surface area contributed by atoms with E-state index < -0.39 is 0 Å². The van der Waals surface area contributed by atoms with Crippen molar-refractivity contribution >= 4 is 21.8 Å². The molecule has 0 radical (unpaired) electrons. The van der Waals surface area contributed by atoms with E-state index in [1.165, 1.54) is 33.0 Å². The van der Waals surface area contributed by atoms with Crippen LogP contribution in [0, 0.1) is 6.92 Å². The molecule has 2 heterocycles. The lowest BCUT2D eigenvalue weighted by Crippen LogP contribution is -2.17. The van der Waals surface area contributed by atoms with Crippen LogP contribution in [0.1, 0.15) is 111 Å². The minimum Gasteiger partial charge on any atom is -0.507 e. The summed E-state index contributed by atoms with van der Waals surface area (Å²) < 4.78 is 2.27. The summed E-state index contributed by atoms with van der Waals surface area (Å²) in [4.78, 5) is 10.5. The maximum Gasteiger partial charge on any atom is 0.149 e. The molecule has 0 aliphatic rings. The maximum atomic E-state index is 12.6. The Bertz CT molecular complexity index is 3310. The molecule has 0 aliphatic heterocycles. The molecular formula is C63H65N3O. The third-order valence-electron chi connectivity index (χ3n) is 13.4. The fourth-order valence-corrected chi connectivity index (χ4v) is 9.41. The summed E-state index contributed by atoms with van der Waals surface area (Å²) in [5.41, 5.74) is 17.7. The number of para-hydroxylation sites is 1. The molecule has 4 nitrogen and oxygen atoms in total. The van der Waals surface area contributed by atoms with Crippen molar-refractivity contribution in [2.24, 2.45) is 0 Å². The van der Waals surface area contributed by atoms with Crippen molar-refractivity contribution in [2.75, 3.05) is 0 Å². The molecule has 0 atom stereocenters. The zero-order valence-corrected chi connectivity index (χ0v) is 41.7. The van der Waals surface area contributed by atoms with Gasteiger partial charge >= 0.3 is 0 Å². The molecule has 338 valence electrons. The summed E-state index contributed by atoms with van der Waals surface area (Å²) in [6, 6.07) is 52.6. The number of aromatic hydroxyl groups is 1. The number of aromatic nitrogens is 3. The number of imidazole rings is 1. The molecule has 0 saturated heterocycles. The monoisotopic (exact) mass is 880 g/mol. The lowest BCUT2D eigenvalue weighted by molar-refractivity contribution is 0.477. The second-order valence-corrected chi connectivity index (χ2v) is 22.8. The Morgan fingerprint density at radius 2 is 1.15 bits per heavy atom. The van der Waals surface area contributed by atoms with Gasteiger partial charge in [0.05, 0.1) is 22.3 Å². The van der Waals surface area contributed by atoms with Crippen molar-refractivity contribution in [1.29, 1.82) is 0 Å². The summed E-state index contributed by atoms with van der Waals surface area (Å²) >= 11 is 0. The van der Waals surface area contributed by atoms with Crippen LogP contribution in [0.3, 0.4) is 0 Å². The molecule has 0 bridgehead atoms. The molecule has 1 N–H and O–H groups in total. The van der Waals surface area contributed by atoms with Crippen LogP contribution in [-0.2, 0) is 21.7 Å². The number of phenols is 1. The number of nitrogens with zero attached hydrogens (tertiary/aromatic N) is 3. The third kappa shape index (κ3) is 8.83. The first kappa shape index (κ1) is 45.4. The van der Waals surface area contributed by atoms with Crippen LogP contribution in [-0.4, -0.2) is 19.6 Å². The Kier molecular flexibility index (Phi) is 11.2. The van der Waals surface area contributed by atoms with Gasteiger partial charge in [0.25, 0.3) is 0 Å².